The fourth-order valence-corrected chi connectivity index (χ4v) is 3.45. The second-order valence-electron chi connectivity index (χ2n) is 6.54. The molecule has 0 saturated carbocycles. The SMILES string of the molecule is C=CCN(Cc1csc(COc2ccc(C)cc2)n1)C(=O)c1ccc(OC)cc1. The molecule has 0 spiro atoms. The zero-order chi connectivity index (χ0) is 20.6. The van der Waals surface area contributed by atoms with Crippen LogP contribution in [-0.4, -0.2) is 29.4 Å². The first-order chi connectivity index (χ1) is 14.1. The zero-order valence-electron chi connectivity index (χ0n) is 16.6. The van der Waals surface area contributed by atoms with Crippen LogP contribution in [0, 0.1) is 6.92 Å². The van der Waals surface area contributed by atoms with E-state index in [1.54, 1.807) is 42.4 Å². The molecule has 3 aromatic rings. The number of carbonyl (C=O) groups excluding carboxylic acids is 1. The first-order valence-electron chi connectivity index (χ1n) is 9.26. The third-order valence-electron chi connectivity index (χ3n) is 4.31. The number of ether oxygens (including phenoxy) is 2. The van der Waals surface area contributed by atoms with Gasteiger partial charge >= 0.3 is 0 Å². The molecule has 0 aliphatic carbocycles. The Labute approximate surface area is 175 Å². The number of thiazole rings is 1. The molecule has 150 valence electrons. The van der Waals surface area contributed by atoms with Gasteiger partial charge in [0.25, 0.3) is 5.91 Å². The van der Waals surface area contributed by atoms with Gasteiger partial charge in [-0.25, -0.2) is 4.98 Å². The van der Waals surface area contributed by atoms with Crippen LogP contribution in [0.1, 0.15) is 26.6 Å². The van der Waals surface area contributed by atoms with Gasteiger partial charge in [0.2, 0.25) is 0 Å². The Balaban J connectivity index is 1.63. The van der Waals surface area contributed by atoms with E-state index < -0.39 is 0 Å². The smallest absolute Gasteiger partial charge is 0.254 e. The molecule has 3 rings (SSSR count). The third kappa shape index (κ3) is 5.68. The summed E-state index contributed by atoms with van der Waals surface area (Å²) in [6.45, 7) is 7.07. The highest BCUT2D eigenvalue weighted by Gasteiger charge is 2.17. The van der Waals surface area contributed by atoms with Crippen LogP contribution in [0.15, 0.2) is 66.6 Å². The lowest BCUT2D eigenvalue weighted by Crippen LogP contribution is -2.30. The molecule has 1 heterocycles. The summed E-state index contributed by atoms with van der Waals surface area (Å²) >= 11 is 1.53. The summed E-state index contributed by atoms with van der Waals surface area (Å²) in [6, 6.07) is 15.0. The van der Waals surface area contributed by atoms with Crippen LogP contribution in [0.5, 0.6) is 11.5 Å². The van der Waals surface area contributed by atoms with E-state index in [2.05, 4.69) is 11.6 Å². The largest absolute Gasteiger partial charge is 0.497 e. The van der Waals surface area contributed by atoms with Gasteiger partial charge in [0.05, 0.1) is 19.3 Å². The molecule has 0 aliphatic heterocycles. The number of amides is 1. The summed E-state index contributed by atoms with van der Waals surface area (Å²) < 4.78 is 10.9. The monoisotopic (exact) mass is 408 g/mol. The van der Waals surface area contributed by atoms with Crippen molar-refractivity contribution in [1.29, 1.82) is 0 Å². The molecule has 0 unspecified atom stereocenters. The minimum atomic E-state index is -0.0713. The Hall–Kier alpha value is -3.12. The zero-order valence-corrected chi connectivity index (χ0v) is 17.4. The summed E-state index contributed by atoms with van der Waals surface area (Å²) in [5.41, 5.74) is 2.63. The second kappa shape index (κ2) is 9.89. The van der Waals surface area contributed by atoms with Gasteiger partial charge in [-0.2, -0.15) is 0 Å². The molecule has 29 heavy (non-hydrogen) atoms. The van der Waals surface area contributed by atoms with Crippen molar-refractivity contribution in [1.82, 2.24) is 9.88 Å². The number of hydrogen-bond acceptors (Lipinski definition) is 5. The van der Waals surface area contributed by atoms with Crippen molar-refractivity contribution in [2.75, 3.05) is 13.7 Å². The highest BCUT2D eigenvalue weighted by atomic mass is 32.1. The molecule has 0 atom stereocenters. The minimum Gasteiger partial charge on any atom is -0.497 e. The van der Waals surface area contributed by atoms with E-state index in [4.69, 9.17) is 9.47 Å². The van der Waals surface area contributed by atoms with E-state index in [9.17, 15) is 4.79 Å². The summed E-state index contributed by atoms with van der Waals surface area (Å²) in [4.78, 5) is 19.2. The number of aromatic nitrogens is 1. The number of nitrogens with zero attached hydrogens (tertiary/aromatic N) is 2. The number of rotatable bonds is 9. The van der Waals surface area contributed by atoms with E-state index in [1.807, 2.05) is 36.6 Å². The Bertz CT molecular complexity index is 949. The lowest BCUT2D eigenvalue weighted by Gasteiger charge is -2.20. The molecule has 0 aliphatic rings. The first kappa shape index (κ1) is 20.6. The predicted molar refractivity (Wildman–Crippen MR) is 116 cm³/mol. The Morgan fingerprint density at radius 1 is 1.14 bits per heavy atom. The van der Waals surface area contributed by atoms with Gasteiger partial charge in [0, 0.05) is 17.5 Å². The van der Waals surface area contributed by atoms with Gasteiger partial charge in [-0.1, -0.05) is 23.8 Å². The van der Waals surface area contributed by atoms with Crippen LogP contribution in [0.3, 0.4) is 0 Å². The quantitative estimate of drug-likeness (QED) is 0.474. The summed E-state index contributed by atoms with van der Waals surface area (Å²) in [5, 5.41) is 2.83. The van der Waals surface area contributed by atoms with E-state index >= 15 is 0 Å². The van der Waals surface area contributed by atoms with Crippen LogP contribution in [0.4, 0.5) is 0 Å². The lowest BCUT2D eigenvalue weighted by molar-refractivity contribution is 0.0761. The van der Waals surface area contributed by atoms with Gasteiger partial charge in [0.15, 0.2) is 0 Å². The fourth-order valence-electron chi connectivity index (χ4n) is 2.75. The Kier molecular flexibility index (Phi) is 7.03. The number of hydrogen-bond donors (Lipinski definition) is 0. The van der Waals surface area contributed by atoms with Crippen molar-refractivity contribution in [2.45, 2.75) is 20.1 Å². The Morgan fingerprint density at radius 3 is 2.48 bits per heavy atom. The highest BCUT2D eigenvalue weighted by molar-refractivity contribution is 7.09. The average molecular weight is 409 g/mol. The highest BCUT2D eigenvalue weighted by Crippen LogP contribution is 2.18. The maximum Gasteiger partial charge on any atom is 0.254 e. The molecule has 0 fully saturated rings. The standard InChI is InChI=1S/C23H24N2O3S/c1-4-13-25(23(26)18-7-11-20(27-3)12-8-18)14-19-16-29-22(24-19)15-28-21-9-5-17(2)6-10-21/h4-12,16H,1,13-15H2,2-3H3. The van der Waals surface area contributed by atoms with Crippen molar-refractivity contribution in [3.05, 3.63) is 88.4 Å². The van der Waals surface area contributed by atoms with Gasteiger partial charge in [-0.05, 0) is 43.3 Å². The van der Waals surface area contributed by atoms with Gasteiger partial charge in [-0.15, -0.1) is 17.9 Å². The third-order valence-corrected chi connectivity index (χ3v) is 5.18. The van der Waals surface area contributed by atoms with Gasteiger partial charge in [-0.3, -0.25) is 4.79 Å². The molecule has 6 heteroatoms. The molecule has 1 aromatic heterocycles. The van der Waals surface area contributed by atoms with Crippen molar-refractivity contribution in [3.63, 3.8) is 0 Å². The molecule has 2 aromatic carbocycles. The maximum atomic E-state index is 12.9. The van der Waals surface area contributed by atoms with E-state index in [0.717, 1.165) is 22.2 Å². The average Bonchev–Trinajstić information content (AvgIpc) is 3.20. The minimum absolute atomic E-state index is 0.0713. The van der Waals surface area contributed by atoms with Gasteiger partial charge < -0.3 is 14.4 Å². The molecule has 0 N–H and O–H groups in total. The number of benzene rings is 2. The maximum absolute atomic E-state index is 12.9. The second-order valence-corrected chi connectivity index (χ2v) is 7.48. The van der Waals surface area contributed by atoms with E-state index in [1.165, 1.54) is 16.9 Å². The van der Waals surface area contributed by atoms with E-state index in [-0.39, 0.29) is 5.91 Å². The van der Waals surface area contributed by atoms with Crippen molar-refractivity contribution in [2.24, 2.45) is 0 Å². The lowest BCUT2D eigenvalue weighted by atomic mass is 10.2. The molecule has 0 radical (unpaired) electrons. The van der Waals surface area contributed by atoms with Crippen LogP contribution in [0.25, 0.3) is 0 Å². The molecule has 0 bridgehead atoms. The number of methoxy groups -OCH3 is 1. The summed E-state index contributed by atoms with van der Waals surface area (Å²) in [6.07, 6.45) is 1.72. The number of carbonyl (C=O) groups is 1. The number of aryl methyl sites for hydroxylation is 1. The van der Waals surface area contributed by atoms with Crippen LogP contribution in [0.2, 0.25) is 0 Å². The summed E-state index contributed by atoms with van der Waals surface area (Å²) in [7, 11) is 1.60. The fraction of sp³-hybridized carbons (Fsp3) is 0.217. The van der Waals surface area contributed by atoms with Crippen LogP contribution < -0.4 is 9.47 Å². The molecular weight excluding hydrogens is 384 g/mol. The van der Waals surface area contributed by atoms with E-state index in [0.29, 0.717) is 25.3 Å². The summed E-state index contributed by atoms with van der Waals surface area (Å²) in [5.74, 6) is 1.46. The predicted octanol–water partition coefficient (Wildman–Crippen LogP) is 4.87. The van der Waals surface area contributed by atoms with Crippen molar-refractivity contribution < 1.29 is 14.3 Å². The van der Waals surface area contributed by atoms with Crippen LogP contribution >= 0.6 is 11.3 Å². The molecule has 1 amide bonds. The van der Waals surface area contributed by atoms with Crippen molar-refractivity contribution >= 4 is 17.2 Å². The van der Waals surface area contributed by atoms with Crippen molar-refractivity contribution in [3.8, 4) is 11.5 Å². The first-order valence-corrected chi connectivity index (χ1v) is 10.1. The molecule has 0 saturated heterocycles. The van der Waals surface area contributed by atoms with Gasteiger partial charge in [0.1, 0.15) is 23.1 Å². The topological polar surface area (TPSA) is 51.7 Å². The molecular formula is C23H24N2O3S. The normalized spacial score (nSPS) is 10.4. The Morgan fingerprint density at radius 2 is 1.83 bits per heavy atom. The van der Waals surface area contributed by atoms with Crippen LogP contribution in [-0.2, 0) is 13.2 Å². The molecule has 5 nitrogen and oxygen atoms in total.